The first-order valence-electron chi connectivity index (χ1n) is 8.48. The number of aliphatic hydroxyl groups excluding tert-OH is 1. The summed E-state index contributed by atoms with van der Waals surface area (Å²) in [7, 11) is 0. The minimum Gasteiger partial charge on any atom is -0.415 e. The number of amides is 2. The maximum absolute atomic E-state index is 12.2. The zero-order chi connectivity index (χ0) is 18.7. The van der Waals surface area contributed by atoms with Gasteiger partial charge in [0.1, 0.15) is 6.10 Å². The smallest absolute Gasteiger partial charge is 0.415 e. The number of carbonyl (C=O) groups is 2. The van der Waals surface area contributed by atoms with E-state index in [2.05, 4.69) is 6.58 Å². The van der Waals surface area contributed by atoms with Gasteiger partial charge in [0, 0.05) is 6.42 Å². The highest BCUT2D eigenvalue weighted by atomic mass is 16.6. The topological polar surface area (TPSA) is 66.8 Å². The summed E-state index contributed by atoms with van der Waals surface area (Å²) < 4.78 is 4.96. The number of aliphatic hydroxyl groups is 1. The Hall–Kier alpha value is -2.92. The van der Waals surface area contributed by atoms with Crippen molar-refractivity contribution < 1.29 is 19.4 Å². The average Bonchev–Trinajstić information content (AvgIpc) is 2.89. The predicted molar refractivity (Wildman–Crippen MR) is 98.1 cm³/mol. The molecule has 2 atom stereocenters. The third-order valence-electron chi connectivity index (χ3n) is 4.37. The molecule has 1 saturated heterocycles. The molecular formula is C21H21NO4. The predicted octanol–water partition coefficient (Wildman–Crippen LogP) is 3.53. The van der Waals surface area contributed by atoms with Crippen molar-refractivity contribution in [1.82, 2.24) is 4.90 Å². The van der Waals surface area contributed by atoms with E-state index in [4.69, 9.17) is 4.74 Å². The van der Waals surface area contributed by atoms with Gasteiger partial charge in [-0.25, -0.2) is 9.69 Å². The minimum absolute atomic E-state index is 0.199. The molecule has 1 N–H and O–H groups in total. The van der Waals surface area contributed by atoms with Crippen LogP contribution in [-0.4, -0.2) is 34.2 Å². The van der Waals surface area contributed by atoms with E-state index in [1.807, 2.05) is 54.6 Å². The number of hydrogen-bond acceptors (Lipinski definition) is 4. The van der Waals surface area contributed by atoms with Gasteiger partial charge < -0.3 is 9.84 Å². The van der Waals surface area contributed by atoms with Crippen LogP contribution in [0.2, 0.25) is 0 Å². The van der Waals surface area contributed by atoms with Crippen LogP contribution in [0.1, 0.15) is 18.9 Å². The Morgan fingerprint density at radius 1 is 1.15 bits per heavy atom. The molecule has 2 amide bonds. The summed E-state index contributed by atoms with van der Waals surface area (Å²) >= 11 is 0. The highest BCUT2D eigenvalue weighted by Gasteiger charge is 2.43. The lowest BCUT2D eigenvalue weighted by molar-refractivity contribution is -0.133. The lowest BCUT2D eigenvalue weighted by atomic mass is 9.99. The minimum atomic E-state index is -1.18. The molecule has 2 aromatic carbocycles. The van der Waals surface area contributed by atoms with Crippen LogP contribution in [0.5, 0.6) is 0 Å². The summed E-state index contributed by atoms with van der Waals surface area (Å²) in [6.45, 7) is 5.05. The Balaban J connectivity index is 1.75. The van der Waals surface area contributed by atoms with Crippen LogP contribution in [0.15, 0.2) is 66.9 Å². The molecule has 1 aliphatic heterocycles. The fraction of sp³-hybridized carbons (Fsp3) is 0.238. The van der Waals surface area contributed by atoms with Gasteiger partial charge in [0.2, 0.25) is 0 Å². The van der Waals surface area contributed by atoms with Gasteiger partial charge in [-0.15, -0.1) is 0 Å². The normalized spacial score (nSPS) is 19.5. The van der Waals surface area contributed by atoms with Crippen LogP contribution in [0.3, 0.4) is 0 Å². The van der Waals surface area contributed by atoms with Crippen molar-refractivity contribution in [3.63, 3.8) is 0 Å². The largest absolute Gasteiger partial charge is 0.421 e. The van der Waals surface area contributed by atoms with Crippen LogP contribution in [0, 0.1) is 0 Å². The first-order valence-corrected chi connectivity index (χ1v) is 8.48. The second-order valence-electron chi connectivity index (χ2n) is 6.45. The molecule has 1 aliphatic rings. The molecule has 3 rings (SSSR count). The van der Waals surface area contributed by atoms with Crippen molar-refractivity contribution in [3.8, 4) is 11.1 Å². The van der Waals surface area contributed by atoms with Crippen molar-refractivity contribution >= 4 is 12.0 Å². The molecule has 134 valence electrons. The highest BCUT2D eigenvalue weighted by Crippen LogP contribution is 2.26. The van der Waals surface area contributed by atoms with Crippen LogP contribution in [0.4, 0.5) is 4.79 Å². The summed E-state index contributed by atoms with van der Waals surface area (Å²) in [6.07, 6.45) is -1.31. The molecule has 1 unspecified atom stereocenters. The van der Waals surface area contributed by atoms with Gasteiger partial charge in [0.05, 0.1) is 11.8 Å². The molecule has 26 heavy (non-hydrogen) atoms. The van der Waals surface area contributed by atoms with E-state index < -0.39 is 24.1 Å². The van der Waals surface area contributed by atoms with E-state index >= 15 is 0 Å². The number of benzene rings is 2. The van der Waals surface area contributed by atoms with Gasteiger partial charge >= 0.3 is 6.09 Å². The summed E-state index contributed by atoms with van der Waals surface area (Å²) in [5.74, 6) is -0.419. The van der Waals surface area contributed by atoms with Gasteiger partial charge in [-0.1, -0.05) is 61.2 Å². The van der Waals surface area contributed by atoms with Gasteiger partial charge in [-0.05, 0) is 30.0 Å². The number of allylic oxidation sites excluding steroid dienone is 1. The summed E-state index contributed by atoms with van der Waals surface area (Å²) in [5.41, 5.74) is 3.19. The third kappa shape index (κ3) is 3.83. The second-order valence-corrected chi connectivity index (χ2v) is 6.45. The van der Waals surface area contributed by atoms with Gasteiger partial charge in [0.25, 0.3) is 5.91 Å². The van der Waals surface area contributed by atoms with Crippen molar-refractivity contribution in [3.05, 3.63) is 72.5 Å². The quantitative estimate of drug-likeness (QED) is 0.856. The highest BCUT2D eigenvalue weighted by molar-refractivity contribution is 5.97. The summed E-state index contributed by atoms with van der Waals surface area (Å²) in [5, 5.41) is 9.87. The summed E-state index contributed by atoms with van der Waals surface area (Å²) in [6, 6.07) is 17.5. The number of likely N-dealkylation sites (tertiary alicyclic amines) is 1. The van der Waals surface area contributed by atoms with E-state index in [0.29, 0.717) is 6.42 Å². The average molecular weight is 351 g/mol. The number of imide groups is 1. The standard InChI is InChI=1S/C21H21NO4/c1-14(2)26-21(25)22-18(13-19(23)20(22)24)12-15-8-10-17(11-9-15)16-6-4-3-5-7-16/h3-11,18-19,23H,1,12-13H2,2H3/t18-,19?/m1/s1. The fourth-order valence-corrected chi connectivity index (χ4v) is 3.15. The molecule has 0 aliphatic carbocycles. The molecule has 0 bridgehead atoms. The molecule has 0 radical (unpaired) electrons. The van der Waals surface area contributed by atoms with Gasteiger partial charge in [0.15, 0.2) is 0 Å². The molecular weight excluding hydrogens is 330 g/mol. The van der Waals surface area contributed by atoms with Crippen LogP contribution in [-0.2, 0) is 16.0 Å². The Morgan fingerprint density at radius 2 is 1.77 bits per heavy atom. The lowest BCUT2D eigenvalue weighted by Crippen LogP contribution is -2.41. The van der Waals surface area contributed by atoms with E-state index in [1.165, 1.54) is 6.92 Å². The molecule has 0 saturated carbocycles. The number of nitrogens with zero attached hydrogens (tertiary/aromatic N) is 1. The van der Waals surface area contributed by atoms with Crippen molar-refractivity contribution in [2.24, 2.45) is 0 Å². The molecule has 2 aromatic rings. The van der Waals surface area contributed by atoms with Crippen molar-refractivity contribution in [2.45, 2.75) is 31.9 Å². The molecule has 5 nitrogen and oxygen atoms in total. The molecule has 5 heteroatoms. The zero-order valence-corrected chi connectivity index (χ0v) is 14.6. The van der Waals surface area contributed by atoms with Crippen LogP contribution < -0.4 is 0 Å². The first kappa shape index (κ1) is 17.9. The second kappa shape index (κ2) is 7.54. The molecule has 0 aromatic heterocycles. The first-order chi connectivity index (χ1) is 12.5. The maximum Gasteiger partial charge on any atom is 0.421 e. The van der Waals surface area contributed by atoms with E-state index in [0.717, 1.165) is 21.6 Å². The Kier molecular flexibility index (Phi) is 5.19. The number of rotatable bonds is 4. The lowest BCUT2D eigenvalue weighted by Gasteiger charge is -2.22. The molecule has 1 heterocycles. The Labute approximate surface area is 152 Å². The van der Waals surface area contributed by atoms with E-state index in [1.54, 1.807) is 0 Å². The third-order valence-corrected chi connectivity index (χ3v) is 4.37. The van der Waals surface area contributed by atoms with Crippen LogP contribution >= 0.6 is 0 Å². The van der Waals surface area contributed by atoms with Crippen molar-refractivity contribution in [2.75, 3.05) is 0 Å². The zero-order valence-electron chi connectivity index (χ0n) is 14.6. The van der Waals surface area contributed by atoms with Crippen LogP contribution in [0.25, 0.3) is 11.1 Å². The maximum atomic E-state index is 12.2. The molecule has 1 fully saturated rings. The van der Waals surface area contributed by atoms with E-state index in [-0.39, 0.29) is 12.2 Å². The van der Waals surface area contributed by atoms with Crippen molar-refractivity contribution in [1.29, 1.82) is 0 Å². The van der Waals surface area contributed by atoms with E-state index in [9.17, 15) is 14.7 Å². The van der Waals surface area contributed by atoms with Gasteiger partial charge in [-0.3, -0.25) is 4.79 Å². The van der Waals surface area contributed by atoms with Gasteiger partial charge in [-0.2, -0.15) is 0 Å². The fourth-order valence-electron chi connectivity index (χ4n) is 3.15. The number of ether oxygens (including phenoxy) is 1. The Morgan fingerprint density at radius 3 is 2.38 bits per heavy atom. The molecule has 0 spiro atoms. The number of hydrogen-bond donors (Lipinski definition) is 1. The Bertz CT molecular complexity index is 814. The summed E-state index contributed by atoms with van der Waals surface area (Å²) in [4.78, 5) is 25.3. The number of carbonyl (C=O) groups excluding carboxylic acids is 2. The SMILES string of the molecule is C=C(C)OC(=O)N1C(=O)C(O)C[C@H]1Cc1ccc(-c2ccccc2)cc1. The monoisotopic (exact) mass is 351 g/mol.